The van der Waals surface area contributed by atoms with Crippen LogP contribution in [0.2, 0.25) is 0 Å². The van der Waals surface area contributed by atoms with Crippen LogP contribution >= 0.6 is 0 Å². The minimum atomic E-state index is 0.669. The Morgan fingerprint density at radius 1 is 1.38 bits per heavy atom. The van der Waals surface area contributed by atoms with Gasteiger partial charge in [0.25, 0.3) is 0 Å². The summed E-state index contributed by atoms with van der Waals surface area (Å²) in [4.78, 5) is 12.5. The Morgan fingerprint density at radius 2 is 2.12 bits per heavy atom. The smallest absolute Gasteiger partial charge is 0.165 e. The molecule has 0 saturated carbocycles. The number of aromatic nitrogens is 4. The van der Waals surface area contributed by atoms with Crippen LogP contribution in [-0.2, 0) is 7.05 Å². The van der Waals surface area contributed by atoms with Gasteiger partial charge < -0.3 is 9.88 Å². The summed E-state index contributed by atoms with van der Waals surface area (Å²) in [5, 5.41) is 3.11. The molecular formula is C11H17N5. The van der Waals surface area contributed by atoms with E-state index in [-0.39, 0.29) is 0 Å². The first-order valence-electron chi connectivity index (χ1n) is 5.29. The molecule has 0 spiro atoms. The van der Waals surface area contributed by atoms with Gasteiger partial charge in [-0.15, -0.1) is 6.58 Å². The molecular weight excluding hydrogens is 202 g/mol. The van der Waals surface area contributed by atoms with Gasteiger partial charge in [0.2, 0.25) is 0 Å². The van der Waals surface area contributed by atoms with E-state index < -0.39 is 0 Å². The summed E-state index contributed by atoms with van der Waals surface area (Å²) in [6.07, 6.45) is 5.02. The third kappa shape index (κ3) is 2.36. The molecule has 0 aliphatic heterocycles. The first kappa shape index (κ1) is 12.2. The zero-order chi connectivity index (χ0) is 12.0. The number of imidazole rings is 1. The van der Waals surface area contributed by atoms with E-state index >= 15 is 0 Å². The van der Waals surface area contributed by atoms with Crippen LogP contribution in [0.25, 0.3) is 11.2 Å². The number of hydrogen-bond donors (Lipinski definition) is 1. The first-order valence-corrected chi connectivity index (χ1v) is 5.29. The zero-order valence-corrected chi connectivity index (χ0v) is 9.94. The molecule has 1 N–H and O–H groups in total. The van der Waals surface area contributed by atoms with Crippen LogP contribution in [0.15, 0.2) is 25.3 Å². The highest BCUT2D eigenvalue weighted by atomic mass is 15.1. The summed E-state index contributed by atoms with van der Waals surface area (Å²) in [7, 11) is 1.90. The van der Waals surface area contributed by atoms with E-state index in [1.54, 1.807) is 12.4 Å². The van der Waals surface area contributed by atoms with Gasteiger partial charge in [0, 0.05) is 13.6 Å². The van der Waals surface area contributed by atoms with Crippen LogP contribution in [0, 0.1) is 0 Å². The van der Waals surface area contributed by atoms with Gasteiger partial charge in [0.05, 0.1) is 6.33 Å². The lowest BCUT2D eigenvalue weighted by molar-refractivity contribution is 0.928. The summed E-state index contributed by atoms with van der Waals surface area (Å²) in [5.41, 5.74) is 1.61. The molecule has 0 saturated heterocycles. The Balaban J connectivity index is 0.000000606. The zero-order valence-electron chi connectivity index (χ0n) is 9.94. The molecule has 0 aliphatic rings. The van der Waals surface area contributed by atoms with Crippen molar-refractivity contribution in [2.75, 3.05) is 11.9 Å². The van der Waals surface area contributed by atoms with Gasteiger partial charge in [-0.1, -0.05) is 19.9 Å². The number of hydrogen-bond acceptors (Lipinski definition) is 4. The van der Waals surface area contributed by atoms with Crippen LogP contribution in [0.3, 0.4) is 0 Å². The highest BCUT2D eigenvalue weighted by Gasteiger charge is 2.06. The Hall–Kier alpha value is -1.91. The van der Waals surface area contributed by atoms with Crippen molar-refractivity contribution in [1.29, 1.82) is 0 Å². The average Bonchev–Trinajstić information content (AvgIpc) is 2.72. The van der Waals surface area contributed by atoms with Crippen LogP contribution in [-0.4, -0.2) is 26.1 Å². The standard InChI is InChI=1S/C9H11N5.C2H6/c1-3-4-10-8-7-9(12-5-11-8)14(2)6-13-7;1-2/h3,5-6H,1,4H2,2H3,(H,10,11,12);1-2H3. The highest BCUT2D eigenvalue weighted by Crippen LogP contribution is 2.15. The van der Waals surface area contributed by atoms with Crippen molar-refractivity contribution in [3.63, 3.8) is 0 Å². The first-order chi connectivity index (χ1) is 7.83. The number of aryl methyl sites for hydroxylation is 1. The Morgan fingerprint density at radius 3 is 2.81 bits per heavy atom. The lowest BCUT2D eigenvalue weighted by Crippen LogP contribution is -2.01. The maximum absolute atomic E-state index is 4.21. The Labute approximate surface area is 95.2 Å². The number of nitrogens with one attached hydrogen (secondary N) is 1. The minimum Gasteiger partial charge on any atom is -0.365 e. The van der Waals surface area contributed by atoms with Crippen molar-refractivity contribution in [1.82, 2.24) is 19.5 Å². The average molecular weight is 219 g/mol. The molecule has 2 rings (SSSR count). The van der Waals surface area contributed by atoms with Crippen LogP contribution in [0.4, 0.5) is 5.82 Å². The van der Waals surface area contributed by atoms with E-state index in [2.05, 4.69) is 26.8 Å². The lowest BCUT2D eigenvalue weighted by atomic mass is 10.4. The SMILES string of the molecule is C=CCNc1ncnc2c1ncn2C.CC. The third-order valence-electron chi connectivity index (χ3n) is 1.91. The van der Waals surface area contributed by atoms with Gasteiger partial charge in [0.15, 0.2) is 11.5 Å². The van der Waals surface area contributed by atoms with E-state index in [4.69, 9.17) is 0 Å². The summed E-state index contributed by atoms with van der Waals surface area (Å²) >= 11 is 0. The van der Waals surface area contributed by atoms with Crippen molar-refractivity contribution in [2.45, 2.75) is 13.8 Å². The monoisotopic (exact) mass is 219 g/mol. The molecule has 2 aromatic heterocycles. The topological polar surface area (TPSA) is 55.6 Å². The van der Waals surface area contributed by atoms with E-state index in [0.29, 0.717) is 6.54 Å². The van der Waals surface area contributed by atoms with E-state index in [1.807, 2.05) is 25.5 Å². The number of fused-ring (bicyclic) bond motifs is 1. The molecule has 0 aliphatic carbocycles. The molecule has 0 amide bonds. The molecule has 0 unspecified atom stereocenters. The lowest BCUT2D eigenvalue weighted by Gasteiger charge is -2.01. The minimum absolute atomic E-state index is 0.669. The van der Waals surface area contributed by atoms with Gasteiger partial charge >= 0.3 is 0 Å². The van der Waals surface area contributed by atoms with Crippen LogP contribution in [0.5, 0.6) is 0 Å². The van der Waals surface area contributed by atoms with Crippen molar-refractivity contribution in [3.8, 4) is 0 Å². The molecule has 2 aromatic rings. The molecule has 0 fully saturated rings. The second-order valence-electron chi connectivity index (χ2n) is 2.92. The molecule has 0 atom stereocenters. The molecule has 5 nitrogen and oxygen atoms in total. The fourth-order valence-electron chi connectivity index (χ4n) is 1.24. The maximum Gasteiger partial charge on any atom is 0.165 e. The van der Waals surface area contributed by atoms with Gasteiger partial charge in [-0.3, -0.25) is 0 Å². The summed E-state index contributed by atoms with van der Waals surface area (Å²) in [5.74, 6) is 0.746. The third-order valence-corrected chi connectivity index (χ3v) is 1.91. The van der Waals surface area contributed by atoms with Gasteiger partial charge in [-0.2, -0.15) is 0 Å². The largest absolute Gasteiger partial charge is 0.365 e. The number of nitrogens with zero attached hydrogens (tertiary/aromatic N) is 4. The molecule has 2 heterocycles. The Kier molecular flexibility index (Phi) is 4.44. The second kappa shape index (κ2) is 5.85. The Bertz CT molecular complexity index is 460. The number of anilines is 1. The fourth-order valence-corrected chi connectivity index (χ4v) is 1.24. The fraction of sp³-hybridized carbons (Fsp3) is 0.364. The molecule has 5 heteroatoms. The van der Waals surface area contributed by atoms with Gasteiger partial charge in [0.1, 0.15) is 11.8 Å². The maximum atomic E-state index is 4.21. The molecule has 0 radical (unpaired) electrons. The quantitative estimate of drug-likeness (QED) is 0.802. The van der Waals surface area contributed by atoms with Crippen molar-refractivity contribution in [2.24, 2.45) is 7.05 Å². The molecule has 0 bridgehead atoms. The summed E-state index contributed by atoms with van der Waals surface area (Å²) in [6.45, 7) is 8.30. The highest BCUT2D eigenvalue weighted by molar-refractivity contribution is 5.82. The van der Waals surface area contributed by atoms with E-state index in [9.17, 15) is 0 Å². The van der Waals surface area contributed by atoms with Crippen molar-refractivity contribution in [3.05, 3.63) is 25.3 Å². The second-order valence-corrected chi connectivity index (χ2v) is 2.92. The van der Waals surface area contributed by atoms with Crippen molar-refractivity contribution < 1.29 is 0 Å². The summed E-state index contributed by atoms with van der Waals surface area (Å²) in [6, 6.07) is 0. The van der Waals surface area contributed by atoms with Gasteiger partial charge in [-0.05, 0) is 0 Å². The van der Waals surface area contributed by atoms with Crippen molar-refractivity contribution >= 4 is 17.0 Å². The molecule has 86 valence electrons. The predicted molar refractivity (Wildman–Crippen MR) is 66.3 cm³/mol. The van der Waals surface area contributed by atoms with E-state index in [1.165, 1.54) is 6.33 Å². The molecule has 16 heavy (non-hydrogen) atoms. The molecule has 0 aromatic carbocycles. The predicted octanol–water partition coefficient (Wildman–Crippen LogP) is 1.99. The van der Waals surface area contributed by atoms with E-state index in [0.717, 1.165) is 17.0 Å². The summed E-state index contributed by atoms with van der Waals surface area (Å²) < 4.78 is 1.86. The number of rotatable bonds is 3. The van der Waals surface area contributed by atoms with Crippen LogP contribution in [0.1, 0.15) is 13.8 Å². The van der Waals surface area contributed by atoms with Crippen LogP contribution < -0.4 is 5.32 Å². The van der Waals surface area contributed by atoms with Gasteiger partial charge in [-0.25, -0.2) is 15.0 Å². The normalized spacial score (nSPS) is 9.44.